The number of urea groups is 1. The van der Waals surface area contributed by atoms with Gasteiger partial charge in [-0.3, -0.25) is 14.5 Å². The van der Waals surface area contributed by atoms with E-state index in [4.69, 9.17) is 0 Å². The molecule has 1 aromatic heterocycles. The first-order valence-electron chi connectivity index (χ1n) is 9.75. The second-order valence-corrected chi connectivity index (χ2v) is 8.77. The van der Waals surface area contributed by atoms with E-state index in [1.54, 1.807) is 0 Å². The molecular weight excluding hydrogens is 384 g/mol. The van der Waals surface area contributed by atoms with Gasteiger partial charge < -0.3 is 5.32 Å². The van der Waals surface area contributed by atoms with Crippen LogP contribution in [-0.2, 0) is 16.8 Å². The van der Waals surface area contributed by atoms with Crippen LogP contribution >= 0.6 is 11.3 Å². The zero-order chi connectivity index (χ0) is 20.2. The van der Waals surface area contributed by atoms with Crippen LogP contribution in [-0.4, -0.2) is 29.2 Å². The first-order chi connectivity index (χ1) is 14.0. The maximum Gasteiger partial charge on any atom is 0.325 e. The maximum atomic E-state index is 13.4. The van der Waals surface area contributed by atoms with Gasteiger partial charge in [-0.15, -0.1) is 11.3 Å². The second-order valence-electron chi connectivity index (χ2n) is 7.71. The summed E-state index contributed by atoms with van der Waals surface area (Å²) >= 11 is 1.41. The van der Waals surface area contributed by atoms with Crippen LogP contribution in [0.25, 0.3) is 10.1 Å². The van der Waals surface area contributed by atoms with Gasteiger partial charge in [0.1, 0.15) is 5.54 Å². The minimum atomic E-state index is -1.04. The topological polar surface area (TPSA) is 66.5 Å². The molecule has 3 aromatic rings. The Morgan fingerprint density at radius 1 is 1.14 bits per heavy atom. The fourth-order valence-electron chi connectivity index (χ4n) is 4.61. The first kappa shape index (κ1) is 18.1. The molecule has 1 fully saturated rings. The van der Waals surface area contributed by atoms with Crippen LogP contribution in [0.2, 0.25) is 0 Å². The van der Waals surface area contributed by atoms with E-state index in [0.29, 0.717) is 11.3 Å². The minimum Gasteiger partial charge on any atom is -0.319 e. The number of benzene rings is 2. The molecule has 1 unspecified atom stereocenters. The summed E-state index contributed by atoms with van der Waals surface area (Å²) in [5.41, 5.74) is 1.81. The van der Waals surface area contributed by atoms with Crippen LogP contribution in [0.5, 0.6) is 0 Å². The number of aryl methyl sites for hydroxylation is 2. The highest BCUT2D eigenvalue weighted by Gasteiger charge is 2.54. The van der Waals surface area contributed by atoms with Crippen LogP contribution in [0.3, 0.4) is 0 Å². The SMILES string of the molecule is Cc1c(C(=O)CN2C(=O)NC3(CCCc4ccccc43)C2=O)sc2ccccc12. The molecule has 0 radical (unpaired) electrons. The first-order valence-corrected chi connectivity index (χ1v) is 10.6. The Hall–Kier alpha value is -2.99. The van der Waals surface area contributed by atoms with Gasteiger partial charge in [-0.1, -0.05) is 42.5 Å². The van der Waals surface area contributed by atoms with Crippen molar-refractivity contribution in [2.45, 2.75) is 31.7 Å². The van der Waals surface area contributed by atoms with Crippen molar-refractivity contribution in [1.29, 1.82) is 0 Å². The van der Waals surface area contributed by atoms with Gasteiger partial charge in [-0.2, -0.15) is 0 Å². The van der Waals surface area contributed by atoms with E-state index in [9.17, 15) is 14.4 Å². The van der Waals surface area contributed by atoms with Gasteiger partial charge in [0.15, 0.2) is 5.78 Å². The number of rotatable bonds is 3. The molecule has 5 nitrogen and oxygen atoms in total. The van der Waals surface area contributed by atoms with Crippen LogP contribution in [0.4, 0.5) is 4.79 Å². The van der Waals surface area contributed by atoms with Gasteiger partial charge >= 0.3 is 6.03 Å². The predicted molar refractivity (Wildman–Crippen MR) is 112 cm³/mol. The molecule has 1 spiro atoms. The summed E-state index contributed by atoms with van der Waals surface area (Å²) in [6, 6.07) is 15.1. The van der Waals surface area contributed by atoms with E-state index in [0.717, 1.165) is 44.5 Å². The molecule has 3 amide bonds. The highest BCUT2D eigenvalue weighted by molar-refractivity contribution is 7.21. The lowest BCUT2D eigenvalue weighted by Crippen LogP contribution is -2.46. The molecule has 146 valence electrons. The van der Waals surface area contributed by atoms with Gasteiger partial charge in [0.2, 0.25) is 0 Å². The Morgan fingerprint density at radius 2 is 1.90 bits per heavy atom. The minimum absolute atomic E-state index is 0.201. The number of carbonyl (C=O) groups is 3. The quantitative estimate of drug-likeness (QED) is 0.526. The third-order valence-electron chi connectivity index (χ3n) is 6.05. The van der Waals surface area contributed by atoms with Crippen LogP contribution in [0, 0.1) is 6.92 Å². The van der Waals surface area contributed by atoms with Crippen LogP contribution < -0.4 is 5.32 Å². The fourth-order valence-corrected chi connectivity index (χ4v) is 5.75. The Morgan fingerprint density at radius 3 is 2.72 bits per heavy atom. The number of hydrogen-bond acceptors (Lipinski definition) is 4. The summed E-state index contributed by atoms with van der Waals surface area (Å²) in [6.45, 7) is 1.68. The lowest BCUT2D eigenvalue weighted by Gasteiger charge is -2.33. The normalized spacial score (nSPS) is 20.9. The predicted octanol–water partition coefficient (Wildman–Crippen LogP) is 4.18. The van der Waals surface area contributed by atoms with Crippen molar-refractivity contribution in [1.82, 2.24) is 10.2 Å². The second kappa shape index (κ2) is 6.52. The van der Waals surface area contributed by atoms with Gasteiger partial charge in [0.05, 0.1) is 11.4 Å². The van der Waals surface area contributed by atoms with Crippen molar-refractivity contribution in [3.8, 4) is 0 Å². The van der Waals surface area contributed by atoms with E-state index in [1.807, 2.05) is 55.5 Å². The average Bonchev–Trinajstić information content (AvgIpc) is 3.19. The number of imide groups is 1. The number of amides is 3. The van der Waals surface area contributed by atoms with Crippen LogP contribution in [0.1, 0.15) is 39.2 Å². The number of nitrogens with one attached hydrogen (secondary N) is 1. The third kappa shape index (κ3) is 2.63. The highest BCUT2D eigenvalue weighted by Crippen LogP contribution is 2.40. The van der Waals surface area contributed by atoms with Gasteiger partial charge in [-0.25, -0.2) is 4.79 Å². The molecular formula is C23H20N2O3S. The standard InChI is InChI=1S/C23H20N2O3S/c1-14-16-9-3-5-11-19(16)29-20(14)18(26)13-25-21(27)23(24-22(25)28)12-6-8-15-7-2-4-10-17(15)23/h2-5,7,9-11H,6,8,12-13H2,1H3,(H,24,28). The molecule has 1 aliphatic carbocycles. The molecule has 2 aromatic carbocycles. The molecule has 29 heavy (non-hydrogen) atoms. The smallest absolute Gasteiger partial charge is 0.319 e. The molecule has 1 saturated heterocycles. The number of ketones is 1. The van der Waals surface area contributed by atoms with Gasteiger partial charge in [0.25, 0.3) is 5.91 Å². The number of hydrogen-bond donors (Lipinski definition) is 1. The van der Waals surface area contributed by atoms with Crippen LogP contribution in [0.15, 0.2) is 48.5 Å². The van der Waals surface area contributed by atoms with Crippen molar-refractivity contribution in [2.24, 2.45) is 0 Å². The monoisotopic (exact) mass is 404 g/mol. The Balaban J connectivity index is 1.47. The molecule has 0 bridgehead atoms. The summed E-state index contributed by atoms with van der Waals surface area (Å²) in [6.07, 6.45) is 2.27. The zero-order valence-electron chi connectivity index (χ0n) is 16.0. The largest absolute Gasteiger partial charge is 0.325 e. The molecule has 1 aliphatic heterocycles. The van der Waals surface area contributed by atoms with Crippen molar-refractivity contribution in [3.63, 3.8) is 0 Å². The van der Waals surface area contributed by atoms with Crippen molar-refractivity contribution in [2.75, 3.05) is 6.54 Å². The molecule has 1 N–H and O–H groups in total. The molecule has 2 aliphatic rings. The maximum absolute atomic E-state index is 13.4. The van der Waals surface area contributed by atoms with Crippen molar-refractivity contribution in [3.05, 3.63) is 70.1 Å². The lowest BCUT2D eigenvalue weighted by atomic mass is 9.76. The van der Waals surface area contributed by atoms with E-state index >= 15 is 0 Å². The Labute approximate surface area is 172 Å². The van der Waals surface area contributed by atoms with E-state index in [2.05, 4.69) is 5.32 Å². The number of thiophene rings is 1. The molecule has 6 heteroatoms. The molecule has 5 rings (SSSR count). The lowest BCUT2D eigenvalue weighted by molar-refractivity contribution is -0.131. The van der Waals surface area contributed by atoms with Crippen molar-refractivity contribution < 1.29 is 14.4 Å². The summed E-state index contributed by atoms with van der Waals surface area (Å²) in [4.78, 5) is 40.8. The number of nitrogens with zero attached hydrogens (tertiary/aromatic N) is 1. The summed E-state index contributed by atoms with van der Waals surface area (Å²) in [5, 5.41) is 3.95. The third-order valence-corrected chi connectivity index (χ3v) is 7.36. The fraction of sp³-hybridized carbons (Fsp3) is 0.261. The number of carbonyl (C=O) groups excluding carboxylic acids is 3. The molecule has 1 atom stereocenters. The number of Topliss-reactive ketones (excluding diaryl/α,β-unsaturated/α-hetero) is 1. The Bertz CT molecular complexity index is 1180. The summed E-state index contributed by atoms with van der Waals surface area (Å²) in [5.74, 6) is -0.518. The van der Waals surface area contributed by atoms with E-state index < -0.39 is 11.6 Å². The average molecular weight is 404 g/mol. The molecule has 0 saturated carbocycles. The highest BCUT2D eigenvalue weighted by atomic mass is 32.1. The summed E-state index contributed by atoms with van der Waals surface area (Å²) < 4.78 is 1.03. The van der Waals surface area contributed by atoms with Crippen molar-refractivity contribution >= 4 is 39.1 Å². The molecule has 2 heterocycles. The van der Waals surface area contributed by atoms with Gasteiger partial charge in [0, 0.05) is 4.70 Å². The van der Waals surface area contributed by atoms with E-state index in [1.165, 1.54) is 11.3 Å². The Kier molecular flexibility index (Phi) is 4.06. The van der Waals surface area contributed by atoms with Gasteiger partial charge in [-0.05, 0) is 54.3 Å². The van der Waals surface area contributed by atoms with E-state index in [-0.39, 0.29) is 18.2 Å². The number of fused-ring (bicyclic) bond motifs is 3. The zero-order valence-corrected chi connectivity index (χ0v) is 16.8. The summed E-state index contributed by atoms with van der Waals surface area (Å²) in [7, 11) is 0.